The number of unbranched alkanes of at least 4 members (excludes halogenated alkanes) is 2. The molecule has 416 valence electrons. The number of amides is 10. The number of primary amides is 1. The second-order valence-corrected chi connectivity index (χ2v) is 19.6. The molecule has 0 bridgehead atoms. The number of aliphatic imine (C=N–C) groups is 1. The summed E-state index contributed by atoms with van der Waals surface area (Å²) in [7, 11) is 0. The lowest BCUT2D eigenvalue weighted by molar-refractivity contribution is -0.137. The van der Waals surface area contributed by atoms with Crippen molar-refractivity contribution in [1.82, 2.24) is 35.6 Å². The summed E-state index contributed by atoms with van der Waals surface area (Å²) in [6, 6.07) is 7.84. The van der Waals surface area contributed by atoms with Crippen LogP contribution < -0.4 is 38.1 Å². The molecule has 1 aromatic heterocycles. The summed E-state index contributed by atoms with van der Waals surface area (Å²) in [4.78, 5) is 129. The smallest absolute Gasteiger partial charge is 0.410 e. The monoisotopic (exact) mass is 1080 g/mol. The normalized spacial score (nSPS) is 14.5. The van der Waals surface area contributed by atoms with E-state index in [-0.39, 0.29) is 104 Å². The maximum absolute atomic E-state index is 15.6. The van der Waals surface area contributed by atoms with E-state index in [4.69, 9.17) is 16.2 Å². The molecular weight excluding hydrogens is 1010 g/mol. The molecule has 0 saturated heterocycles. The summed E-state index contributed by atoms with van der Waals surface area (Å²) in [6.45, 7) is 9.30. The zero-order valence-electron chi connectivity index (χ0n) is 44.5. The van der Waals surface area contributed by atoms with Gasteiger partial charge < -0.3 is 52.6 Å². The van der Waals surface area contributed by atoms with Gasteiger partial charge in [-0.05, 0) is 92.0 Å². The van der Waals surface area contributed by atoms with Crippen molar-refractivity contribution >= 4 is 82.4 Å². The van der Waals surface area contributed by atoms with Crippen LogP contribution in [0.15, 0.2) is 71.4 Å². The highest BCUT2D eigenvalue weighted by molar-refractivity contribution is 6.13. The lowest BCUT2D eigenvalue weighted by atomic mass is 10.0. The number of urea groups is 1. The van der Waals surface area contributed by atoms with Gasteiger partial charge in [0, 0.05) is 86.7 Å². The lowest BCUT2D eigenvalue weighted by Gasteiger charge is -2.28. The number of nitrogens with one attached hydrogen (secondary N) is 5. The number of halogens is 1. The van der Waals surface area contributed by atoms with Crippen molar-refractivity contribution in [2.24, 2.45) is 22.4 Å². The number of carbonyl (C=O) groups excluding carboxylic acids is 9. The minimum Gasteiger partial charge on any atom is -0.445 e. The zero-order chi connectivity index (χ0) is 56.5. The van der Waals surface area contributed by atoms with Crippen LogP contribution in [0.1, 0.15) is 118 Å². The maximum atomic E-state index is 15.6. The highest BCUT2D eigenvalue weighted by Crippen LogP contribution is 2.31. The number of nitrogens with zero attached hydrogens (tertiary/aromatic N) is 5. The van der Waals surface area contributed by atoms with Gasteiger partial charge in [-0.1, -0.05) is 46.2 Å². The SMILES string of the molecule is CCCN(CCC)C(=O)C1=Cc2cc(F)c(C(=O)Nc3cnc4c(c3)CN(C(=O)OCc3ccc(NC(=O)C(CCCNC(N)=O)NC(=O)[C@@H](NC(=O)CCCCCN5C(=O)C=CC5=O)C(C)C)cc3)CC4)cc2N=C(N)C1. The van der Waals surface area contributed by atoms with E-state index in [2.05, 4.69) is 36.6 Å². The van der Waals surface area contributed by atoms with Gasteiger partial charge in [0.2, 0.25) is 23.6 Å². The molecule has 9 N–H and O–H groups in total. The molecular formula is C55H69FN12O10. The summed E-state index contributed by atoms with van der Waals surface area (Å²) in [5.41, 5.74) is 14.7. The Morgan fingerprint density at radius 2 is 1.59 bits per heavy atom. The van der Waals surface area contributed by atoms with E-state index in [9.17, 15) is 43.2 Å². The van der Waals surface area contributed by atoms with E-state index in [1.807, 2.05) is 13.8 Å². The molecule has 0 radical (unpaired) electrons. The average Bonchev–Trinajstić information content (AvgIpc) is 3.62. The Kier molecular flexibility index (Phi) is 21.1. The number of aromatic nitrogens is 1. The summed E-state index contributed by atoms with van der Waals surface area (Å²) >= 11 is 0. The van der Waals surface area contributed by atoms with Gasteiger partial charge in [0.25, 0.3) is 17.7 Å². The molecule has 3 aliphatic heterocycles. The Hall–Kier alpha value is -8.50. The molecule has 78 heavy (non-hydrogen) atoms. The third-order valence-electron chi connectivity index (χ3n) is 13.1. The van der Waals surface area contributed by atoms with Gasteiger partial charge in [-0.2, -0.15) is 0 Å². The van der Waals surface area contributed by atoms with Crippen molar-refractivity contribution in [1.29, 1.82) is 0 Å². The molecule has 0 fully saturated rings. The minimum absolute atomic E-state index is 0.0712. The third-order valence-corrected chi connectivity index (χ3v) is 13.1. The van der Waals surface area contributed by atoms with Gasteiger partial charge in [-0.15, -0.1) is 0 Å². The second kappa shape index (κ2) is 28.0. The molecule has 22 nitrogen and oxygen atoms in total. The van der Waals surface area contributed by atoms with Crippen LogP contribution in [0.25, 0.3) is 6.08 Å². The fraction of sp³-hybridized carbons (Fsp3) is 0.436. The molecule has 1 unspecified atom stereocenters. The van der Waals surface area contributed by atoms with Crippen LogP contribution in [-0.4, -0.2) is 124 Å². The van der Waals surface area contributed by atoms with E-state index in [1.165, 1.54) is 29.3 Å². The number of fused-ring (bicyclic) bond motifs is 2. The summed E-state index contributed by atoms with van der Waals surface area (Å²) in [5.74, 6) is -4.25. The van der Waals surface area contributed by atoms with Gasteiger partial charge in [-0.3, -0.25) is 43.4 Å². The Morgan fingerprint density at radius 1 is 0.872 bits per heavy atom. The fourth-order valence-corrected chi connectivity index (χ4v) is 9.00. The molecule has 3 aliphatic rings. The highest BCUT2D eigenvalue weighted by Gasteiger charge is 2.30. The van der Waals surface area contributed by atoms with Crippen molar-refractivity contribution < 1.29 is 52.3 Å². The Labute approximate surface area is 452 Å². The molecule has 6 rings (SSSR count). The van der Waals surface area contributed by atoms with Crippen LogP contribution in [0.4, 0.5) is 31.0 Å². The first-order chi connectivity index (χ1) is 37.3. The van der Waals surface area contributed by atoms with E-state index in [1.54, 1.807) is 55.2 Å². The minimum atomic E-state index is -1.08. The number of hydrogen-bond acceptors (Lipinski definition) is 13. The first-order valence-electron chi connectivity index (χ1n) is 26.3. The van der Waals surface area contributed by atoms with E-state index in [0.29, 0.717) is 79.0 Å². The van der Waals surface area contributed by atoms with Gasteiger partial charge >= 0.3 is 12.1 Å². The summed E-state index contributed by atoms with van der Waals surface area (Å²) in [6.07, 6.45) is 8.91. The Morgan fingerprint density at radius 3 is 2.27 bits per heavy atom. The van der Waals surface area contributed by atoms with Crippen LogP contribution in [0, 0.1) is 11.7 Å². The summed E-state index contributed by atoms with van der Waals surface area (Å²) in [5, 5.41) is 13.5. The van der Waals surface area contributed by atoms with Gasteiger partial charge in [0.15, 0.2) is 0 Å². The Bertz CT molecular complexity index is 2830. The lowest BCUT2D eigenvalue weighted by Crippen LogP contribution is -2.54. The van der Waals surface area contributed by atoms with Crippen molar-refractivity contribution in [3.8, 4) is 0 Å². The molecule has 4 heterocycles. The molecule has 0 saturated carbocycles. The first kappa shape index (κ1) is 58.8. The number of benzene rings is 2. The molecule has 2 atom stereocenters. The number of rotatable bonds is 25. The number of imide groups is 1. The molecule has 3 aromatic rings. The van der Waals surface area contributed by atoms with Crippen LogP contribution in [0.2, 0.25) is 0 Å². The number of nitrogens with two attached hydrogens (primary N) is 2. The molecule has 0 spiro atoms. The largest absolute Gasteiger partial charge is 0.445 e. The maximum Gasteiger partial charge on any atom is 0.410 e. The molecule has 23 heteroatoms. The van der Waals surface area contributed by atoms with E-state index in [0.717, 1.165) is 23.8 Å². The molecule has 0 aliphatic carbocycles. The first-order valence-corrected chi connectivity index (χ1v) is 26.3. The molecule has 10 amide bonds. The average molecular weight is 1080 g/mol. The van der Waals surface area contributed by atoms with E-state index < -0.39 is 47.7 Å². The van der Waals surface area contributed by atoms with E-state index >= 15 is 4.39 Å². The predicted molar refractivity (Wildman–Crippen MR) is 289 cm³/mol. The van der Waals surface area contributed by atoms with Crippen LogP contribution in [0.5, 0.6) is 0 Å². The zero-order valence-corrected chi connectivity index (χ0v) is 44.5. The predicted octanol–water partition coefficient (Wildman–Crippen LogP) is 5.09. The van der Waals surface area contributed by atoms with Crippen LogP contribution in [0.3, 0.4) is 0 Å². The molecule has 2 aromatic carbocycles. The summed E-state index contributed by atoms with van der Waals surface area (Å²) < 4.78 is 21.3. The van der Waals surface area contributed by atoms with Crippen LogP contribution >= 0.6 is 0 Å². The fourth-order valence-electron chi connectivity index (χ4n) is 9.00. The number of carbonyl (C=O) groups is 9. The van der Waals surface area contributed by atoms with Crippen molar-refractivity contribution in [3.05, 3.63) is 100 Å². The van der Waals surface area contributed by atoms with Crippen molar-refractivity contribution in [2.45, 2.75) is 117 Å². The van der Waals surface area contributed by atoms with Crippen molar-refractivity contribution in [2.75, 3.05) is 43.4 Å². The van der Waals surface area contributed by atoms with Gasteiger partial charge in [-0.25, -0.2) is 19.0 Å². The van der Waals surface area contributed by atoms with Crippen molar-refractivity contribution in [3.63, 3.8) is 0 Å². The number of hydrogen-bond donors (Lipinski definition) is 7. The number of ether oxygens (including phenoxy) is 1. The quantitative estimate of drug-likeness (QED) is 0.0431. The van der Waals surface area contributed by atoms with Gasteiger partial charge in [0.1, 0.15) is 30.3 Å². The Balaban J connectivity index is 1.00. The third kappa shape index (κ3) is 16.5. The van der Waals surface area contributed by atoms with Gasteiger partial charge in [0.05, 0.1) is 29.7 Å². The number of pyridine rings is 1. The second-order valence-electron chi connectivity index (χ2n) is 19.6. The topological polar surface area (TPSA) is 310 Å². The van der Waals surface area contributed by atoms with Crippen LogP contribution in [-0.2, 0) is 53.1 Å². The standard InChI is InChI=1S/C55H69FN12O10/c1-5-21-66(22-6-2)53(75)36-25-35-27-41(56)40(29-44(35)63-45(57)28-36)50(72)62-39-26-37-31-67(24-19-42(37)60-30-39)55(77)78-32-34-13-15-38(16-14-34)61-51(73)43(11-10-20-59-54(58)76)64-52(74)49(33(3)4)65-46(69)12-8-7-9-23-68-47(70)17-18-48(68)71/h13-18,25-27,29-30,33,43,49H,5-12,19-24,28,31-32H2,1-4H3,(H2,57,63)(H,61,73)(H,62,72)(H,64,74)(H,65,69)(H3,58,59,76)/t43?,49-/m0/s1. The number of anilines is 2. The number of amidine groups is 1. The highest BCUT2D eigenvalue weighted by atomic mass is 19.1.